The summed E-state index contributed by atoms with van der Waals surface area (Å²) in [5.41, 5.74) is 2.97. The molecular weight excluding hydrogens is 204 g/mol. The molecule has 17 heavy (non-hydrogen) atoms. The van der Waals surface area contributed by atoms with Crippen molar-refractivity contribution in [2.24, 2.45) is 0 Å². The maximum Gasteiger partial charge on any atom is -0.00974 e. The van der Waals surface area contributed by atoms with Crippen molar-refractivity contribution in [2.45, 2.75) is 58.3 Å². The highest BCUT2D eigenvalue weighted by molar-refractivity contribution is 5.28. The lowest BCUT2D eigenvalue weighted by molar-refractivity contribution is 0.607. The number of rotatable bonds is 9. The van der Waals surface area contributed by atoms with Gasteiger partial charge in [-0.05, 0) is 30.4 Å². The van der Waals surface area contributed by atoms with E-state index in [9.17, 15) is 0 Å². The molecule has 0 aliphatic heterocycles. The van der Waals surface area contributed by atoms with Gasteiger partial charge in [0, 0.05) is 0 Å². The number of aryl methyl sites for hydroxylation is 1. The number of benzene rings is 1. The first-order chi connectivity index (χ1) is 8.38. The summed E-state index contributed by atoms with van der Waals surface area (Å²) in [4.78, 5) is 0. The molecule has 1 rings (SSSR count). The zero-order chi connectivity index (χ0) is 12.3. The van der Waals surface area contributed by atoms with Crippen molar-refractivity contribution in [2.75, 3.05) is 0 Å². The van der Waals surface area contributed by atoms with Gasteiger partial charge < -0.3 is 0 Å². The quantitative estimate of drug-likeness (QED) is 0.398. The van der Waals surface area contributed by atoms with Gasteiger partial charge in [-0.25, -0.2) is 0 Å². The zero-order valence-electron chi connectivity index (χ0n) is 11.3. The molecule has 0 saturated carbocycles. The number of hydrogen-bond acceptors (Lipinski definition) is 0. The third kappa shape index (κ3) is 5.72. The molecule has 0 unspecified atom stereocenters. The molecule has 0 aromatic heterocycles. The van der Waals surface area contributed by atoms with Gasteiger partial charge in [-0.3, -0.25) is 0 Å². The summed E-state index contributed by atoms with van der Waals surface area (Å²) in [5, 5.41) is 0. The summed E-state index contributed by atoms with van der Waals surface area (Å²) in [7, 11) is 0. The van der Waals surface area contributed by atoms with Gasteiger partial charge in [0.25, 0.3) is 0 Å². The van der Waals surface area contributed by atoms with Crippen LogP contribution in [0.25, 0.3) is 0 Å². The second kappa shape index (κ2) is 9.04. The fourth-order valence-corrected chi connectivity index (χ4v) is 2.25. The lowest BCUT2D eigenvalue weighted by Gasteiger charge is -2.07. The Bertz CT molecular complexity index is 312. The standard InChI is InChI=1S/C17H26/c1-3-5-6-7-8-9-13-17-15-11-10-14-16(17)12-4-2/h4,10-11,14-15H,2-3,5-9,12-13H2,1H3. The van der Waals surface area contributed by atoms with Gasteiger partial charge in [0.05, 0.1) is 0 Å². The van der Waals surface area contributed by atoms with E-state index in [1.54, 1.807) is 0 Å². The minimum absolute atomic E-state index is 1.01. The van der Waals surface area contributed by atoms with E-state index in [1.165, 1.54) is 56.1 Å². The predicted octanol–water partition coefficient (Wildman–Crippen LogP) is 5.32. The Labute approximate surface area is 107 Å². The van der Waals surface area contributed by atoms with E-state index < -0.39 is 0 Å². The van der Waals surface area contributed by atoms with Crippen LogP contribution in [-0.4, -0.2) is 0 Å². The third-order valence-electron chi connectivity index (χ3n) is 3.28. The van der Waals surface area contributed by atoms with Crippen molar-refractivity contribution in [1.29, 1.82) is 0 Å². The van der Waals surface area contributed by atoms with Gasteiger partial charge in [0.2, 0.25) is 0 Å². The summed E-state index contributed by atoms with van der Waals surface area (Å²) in [6.07, 6.45) is 12.5. The summed E-state index contributed by atoms with van der Waals surface area (Å²) >= 11 is 0. The first-order valence-electron chi connectivity index (χ1n) is 7.06. The van der Waals surface area contributed by atoms with Crippen LogP contribution in [0.5, 0.6) is 0 Å². The molecule has 0 heteroatoms. The van der Waals surface area contributed by atoms with Crippen LogP contribution in [0.3, 0.4) is 0 Å². The number of unbranched alkanes of at least 4 members (excludes halogenated alkanes) is 5. The smallest absolute Gasteiger partial charge is 0.00974 e. The molecule has 0 aliphatic rings. The van der Waals surface area contributed by atoms with Crippen LogP contribution in [0.2, 0.25) is 0 Å². The maximum absolute atomic E-state index is 3.83. The van der Waals surface area contributed by atoms with Crippen LogP contribution in [0, 0.1) is 0 Å². The van der Waals surface area contributed by atoms with Crippen molar-refractivity contribution in [3.8, 4) is 0 Å². The van der Waals surface area contributed by atoms with E-state index in [4.69, 9.17) is 0 Å². The third-order valence-corrected chi connectivity index (χ3v) is 3.28. The second-order valence-electron chi connectivity index (χ2n) is 4.78. The molecule has 0 saturated heterocycles. The van der Waals surface area contributed by atoms with E-state index in [2.05, 4.69) is 37.8 Å². The Balaban J connectivity index is 2.28. The maximum atomic E-state index is 3.83. The average molecular weight is 230 g/mol. The molecule has 1 aromatic carbocycles. The lowest BCUT2D eigenvalue weighted by Crippen LogP contribution is -1.93. The van der Waals surface area contributed by atoms with Crippen molar-refractivity contribution >= 4 is 0 Å². The van der Waals surface area contributed by atoms with E-state index >= 15 is 0 Å². The SMILES string of the molecule is C=CCc1ccccc1CCCCCCCC. The topological polar surface area (TPSA) is 0 Å². The Morgan fingerprint density at radius 1 is 0.941 bits per heavy atom. The minimum atomic E-state index is 1.01. The fourth-order valence-electron chi connectivity index (χ4n) is 2.25. The summed E-state index contributed by atoms with van der Waals surface area (Å²) in [6, 6.07) is 8.78. The van der Waals surface area contributed by atoms with Gasteiger partial charge in [-0.1, -0.05) is 69.4 Å². The van der Waals surface area contributed by atoms with Crippen molar-refractivity contribution in [3.05, 3.63) is 48.0 Å². The van der Waals surface area contributed by atoms with Gasteiger partial charge >= 0.3 is 0 Å². The first kappa shape index (κ1) is 14.0. The summed E-state index contributed by atoms with van der Waals surface area (Å²) in [6.45, 7) is 6.10. The van der Waals surface area contributed by atoms with E-state index in [1.807, 2.05) is 6.08 Å². The first-order valence-corrected chi connectivity index (χ1v) is 7.06. The monoisotopic (exact) mass is 230 g/mol. The molecule has 0 N–H and O–H groups in total. The lowest BCUT2D eigenvalue weighted by atomic mass is 9.98. The molecule has 1 aromatic rings. The minimum Gasteiger partial charge on any atom is -0.103 e. The molecule has 0 fully saturated rings. The van der Waals surface area contributed by atoms with Gasteiger partial charge in [-0.15, -0.1) is 6.58 Å². The second-order valence-corrected chi connectivity index (χ2v) is 4.78. The van der Waals surface area contributed by atoms with Crippen molar-refractivity contribution in [1.82, 2.24) is 0 Å². The largest absolute Gasteiger partial charge is 0.103 e. The normalized spacial score (nSPS) is 10.4. The van der Waals surface area contributed by atoms with Crippen LogP contribution < -0.4 is 0 Å². The highest BCUT2D eigenvalue weighted by atomic mass is 14.0. The summed E-state index contributed by atoms with van der Waals surface area (Å²) < 4.78 is 0. The van der Waals surface area contributed by atoms with Crippen molar-refractivity contribution < 1.29 is 0 Å². The summed E-state index contributed by atoms with van der Waals surface area (Å²) in [5.74, 6) is 0. The molecule has 0 bridgehead atoms. The molecule has 0 radical (unpaired) electrons. The zero-order valence-corrected chi connectivity index (χ0v) is 11.3. The molecular formula is C17H26. The molecule has 0 atom stereocenters. The fraction of sp³-hybridized carbons (Fsp3) is 0.529. The van der Waals surface area contributed by atoms with E-state index in [0.717, 1.165) is 6.42 Å². The molecule has 94 valence electrons. The molecule has 0 aliphatic carbocycles. The van der Waals surface area contributed by atoms with Crippen LogP contribution >= 0.6 is 0 Å². The van der Waals surface area contributed by atoms with Gasteiger partial charge in [-0.2, -0.15) is 0 Å². The number of allylic oxidation sites excluding steroid dienone is 1. The van der Waals surface area contributed by atoms with Gasteiger partial charge in [0.1, 0.15) is 0 Å². The molecule has 0 amide bonds. The highest BCUT2D eigenvalue weighted by Crippen LogP contribution is 2.14. The number of hydrogen-bond donors (Lipinski definition) is 0. The Hall–Kier alpha value is -1.04. The van der Waals surface area contributed by atoms with Crippen molar-refractivity contribution in [3.63, 3.8) is 0 Å². The van der Waals surface area contributed by atoms with Crippen LogP contribution in [0.1, 0.15) is 56.6 Å². The average Bonchev–Trinajstić information content (AvgIpc) is 2.36. The highest BCUT2D eigenvalue weighted by Gasteiger charge is 1.99. The predicted molar refractivity (Wildman–Crippen MR) is 77.4 cm³/mol. The van der Waals surface area contributed by atoms with Gasteiger partial charge in [0.15, 0.2) is 0 Å². The Morgan fingerprint density at radius 2 is 1.59 bits per heavy atom. The Kier molecular flexibility index (Phi) is 7.46. The van der Waals surface area contributed by atoms with E-state index in [0.29, 0.717) is 0 Å². The van der Waals surface area contributed by atoms with Crippen LogP contribution in [0.15, 0.2) is 36.9 Å². The Morgan fingerprint density at radius 3 is 2.29 bits per heavy atom. The molecule has 0 spiro atoms. The molecule has 0 heterocycles. The van der Waals surface area contributed by atoms with Crippen LogP contribution in [0.4, 0.5) is 0 Å². The molecule has 0 nitrogen and oxygen atoms in total. The van der Waals surface area contributed by atoms with Crippen LogP contribution in [-0.2, 0) is 12.8 Å². The van der Waals surface area contributed by atoms with E-state index in [-0.39, 0.29) is 0 Å².